The number of alkyl halides is 3. The molecule has 1 rings (SSSR count). The molecule has 0 heterocycles. The van der Waals surface area contributed by atoms with Crippen LogP contribution in [0.4, 0.5) is 13.2 Å². The molecule has 0 radical (unpaired) electrons. The third-order valence-electron chi connectivity index (χ3n) is 3.67. The van der Waals surface area contributed by atoms with Gasteiger partial charge in [0.05, 0.1) is 5.92 Å². The minimum Gasteiger partial charge on any atom is -0.356 e. The van der Waals surface area contributed by atoms with E-state index >= 15 is 0 Å². The highest BCUT2D eigenvalue weighted by Crippen LogP contribution is 2.41. The Bertz CT molecular complexity index is 287. The van der Waals surface area contributed by atoms with E-state index in [9.17, 15) is 18.0 Å². The zero-order chi connectivity index (χ0) is 13.8. The molecule has 0 aliphatic heterocycles. The highest BCUT2D eigenvalue weighted by atomic mass is 35.5. The number of carbonyl (C=O) groups excluding carboxylic acids is 1. The van der Waals surface area contributed by atoms with Gasteiger partial charge in [0.25, 0.3) is 0 Å². The van der Waals surface area contributed by atoms with Gasteiger partial charge in [-0.15, -0.1) is 12.4 Å². The summed E-state index contributed by atoms with van der Waals surface area (Å²) in [7, 11) is 0. The molecule has 0 bridgehead atoms. The normalized spacial score (nSPS) is 25.3. The first-order valence-electron chi connectivity index (χ1n) is 6.40. The molecule has 1 amide bonds. The molecule has 3 N–H and O–H groups in total. The Hall–Kier alpha value is -0.490. The fourth-order valence-electron chi connectivity index (χ4n) is 2.40. The van der Waals surface area contributed by atoms with Gasteiger partial charge in [0.15, 0.2) is 0 Å². The van der Waals surface area contributed by atoms with Gasteiger partial charge in [-0.25, -0.2) is 0 Å². The average Bonchev–Trinajstić information content (AvgIpc) is 2.34. The number of halogens is 4. The summed E-state index contributed by atoms with van der Waals surface area (Å²) in [5.41, 5.74) is 5.34. The first kappa shape index (κ1) is 18.5. The van der Waals surface area contributed by atoms with Crippen LogP contribution >= 0.6 is 12.4 Å². The van der Waals surface area contributed by atoms with Crippen LogP contribution in [-0.4, -0.2) is 25.2 Å². The van der Waals surface area contributed by atoms with Crippen molar-refractivity contribution in [2.75, 3.05) is 13.1 Å². The summed E-state index contributed by atoms with van der Waals surface area (Å²) in [6, 6.07) is 0. The SMILES string of the molecule is CC(CN)C(=O)NCC1CCCCC1C(F)(F)F.Cl. The molecule has 3 unspecified atom stereocenters. The van der Waals surface area contributed by atoms with E-state index in [0.29, 0.717) is 12.8 Å². The summed E-state index contributed by atoms with van der Waals surface area (Å²) in [5.74, 6) is -2.38. The Morgan fingerprint density at radius 3 is 2.47 bits per heavy atom. The van der Waals surface area contributed by atoms with E-state index in [1.807, 2.05) is 0 Å². The molecule has 1 aliphatic rings. The van der Waals surface area contributed by atoms with Gasteiger partial charge in [-0.1, -0.05) is 19.8 Å². The topological polar surface area (TPSA) is 55.1 Å². The van der Waals surface area contributed by atoms with Crippen molar-refractivity contribution in [1.82, 2.24) is 5.32 Å². The second kappa shape index (κ2) is 7.94. The van der Waals surface area contributed by atoms with Crippen molar-refractivity contribution < 1.29 is 18.0 Å². The maximum absolute atomic E-state index is 12.8. The van der Waals surface area contributed by atoms with Crippen LogP contribution in [0.5, 0.6) is 0 Å². The van der Waals surface area contributed by atoms with E-state index in [0.717, 1.165) is 6.42 Å². The molecule has 19 heavy (non-hydrogen) atoms. The number of carbonyl (C=O) groups is 1. The molecule has 7 heteroatoms. The van der Waals surface area contributed by atoms with Crippen molar-refractivity contribution in [3.63, 3.8) is 0 Å². The predicted molar refractivity (Wildman–Crippen MR) is 70.0 cm³/mol. The van der Waals surface area contributed by atoms with Crippen molar-refractivity contribution in [1.29, 1.82) is 0 Å². The molecule has 0 saturated heterocycles. The molecular formula is C12H22ClF3N2O. The van der Waals surface area contributed by atoms with Crippen molar-refractivity contribution in [2.24, 2.45) is 23.5 Å². The van der Waals surface area contributed by atoms with Gasteiger partial charge in [0.1, 0.15) is 0 Å². The van der Waals surface area contributed by atoms with E-state index in [1.54, 1.807) is 6.92 Å². The molecule has 1 saturated carbocycles. The van der Waals surface area contributed by atoms with Crippen LogP contribution in [0.15, 0.2) is 0 Å². The zero-order valence-corrected chi connectivity index (χ0v) is 11.8. The molecule has 1 aliphatic carbocycles. The predicted octanol–water partition coefficient (Wildman–Crippen LogP) is 2.49. The van der Waals surface area contributed by atoms with Crippen LogP contribution in [0, 0.1) is 17.8 Å². The lowest BCUT2D eigenvalue weighted by Crippen LogP contribution is -2.42. The summed E-state index contributed by atoms with van der Waals surface area (Å²) in [6.07, 6.45) is -2.03. The van der Waals surface area contributed by atoms with Crippen molar-refractivity contribution in [3.05, 3.63) is 0 Å². The van der Waals surface area contributed by atoms with Gasteiger partial charge in [-0.3, -0.25) is 4.79 Å². The molecule has 0 aromatic rings. The highest BCUT2D eigenvalue weighted by molar-refractivity contribution is 5.85. The van der Waals surface area contributed by atoms with Crippen LogP contribution in [-0.2, 0) is 4.79 Å². The smallest absolute Gasteiger partial charge is 0.356 e. The van der Waals surface area contributed by atoms with E-state index in [4.69, 9.17) is 5.73 Å². The molecule has 0 spiro atoms. The monoisotopic (exact) mass is 302 g/mol. The van der Waals surface area contributed by atoms with Gasteiger partial charge in [-0.05, 0) is 18.8 Å². The van der Waals surface area contributed by atoms with E-state index in [1.165, 1.54) is 0 Å². The van der Waals surface area contributed by atoms with Crippen molar-refractivity contribution in [3.8, 4) is 0 Å². The largest absolute Gasteiger partial charge is 0.392 e. The van der Waals surface area contributed by atoms with Crippen LogP contribution < -0.4 is 11.1 Å². The maximum Gasteiger partial charge on any atom is 0.392 e. The molecular weight excluding hydrogens is 281 g/mol. The van der Waals surface area contributed by atoms with Crippen molar-refractivity contribution >= 4 is 18.3 Å². The first-order valence-corrected chi connectivity index (χ1v) is 6.40. The van der Waals surface area contributed by atoms with Crippen LogP contribution in [0.25, 0.3) is 0 Å². The van der Waals surface area contributed by atoms with Crippen LogP contribution in [0.1, 0.15) is 32.6 Å². The van der Waals surface area contributed by atoms with Gasteiger partial charge < -0.3 is 11.1 Å². The first-order chi connectivity index (χ1) is 8.36. The average molecular weight is 303 g/mol. The lowest BCUT2D eigenvalue weighted by Gasteiger charge is -2.33. The Balaban J connectivity index is 0.00000324. The quantitative estimate of drug-likeness (QED) is 0.838. The molecule has 3 atom stereocenters. The minimum absolute atomic E-state index is 0. The molecule has 1 fully saturated rings. The van der Waals surface area contributed by atoms with Crippen LogP contribution in [0.2, 0.25) is 0 Å². The third-order valence-corrected chi connectivity index (χ3v) is 3.67. The third kappa shape index (κ3) is 5.57. The van der Waals surface area contributed by atoms with Crippen molar-refractivity contribution in [2.45, 2.75) is 38.8 Å². The van der Waals surface area contributed by atoms with E-state index in [2.05, 4.69) is 5.32 Å². The molecule has 114 valence electrons. The highest BCUT2D eigenvalue weighted by Gasteiger charge is 2.45. The van der Waals surface area contributed by atoms with Gasteiger partial charge >= 0.3 is 6.18 Å². The van der Waals surface area contributed by atoms with Gasteiger partial charge in [0, 0.05) is 19.0 Å². The number of nitrogens with one attached hydrogen (secondary N) is 1. The second-order valence-electron chi connectivity index (χ2n) is 5.07. The fourth-order valence-corrected chi connectivity index (χ4v) is 2.40. The summed E-state index contributed by atoms with van der Waals surface area (Å²) in [4.78, 5) is 11.5. The summed E-state index contributed by atoms with van der Waals surface area (Å²) in [5, 5.41) is 2.59. The number of hydrogen-bond acceptors (Lipinski definition) is 2. The van der Waals surface area contributed by atoms with E-state index in [-0.39, 0.29) is 43.7 Å². The summed E-state index contributed by atoms with van der Waals surface area (Å²) >= 11 is 0. The minimum atomic E-state index is -4.16. The summed E-state index contributed by atoms with van der Waals surface area (Å²) < 4.78 is 38.4. The van der Waals surface area contributed by atoms with E-state index < -0.39 is 18.0 Å². The Labute approximate surface area is 117 Å². The van der Waals surface area contributed by atoms with Gasteiger partial charge in [-0.2, -0.15) is 13.2 Å². The lowest BCUT2D eigenvalue weighted by molar-refractivity contribution is -0.195. The zero-order valence-electron chi connectivity index (χ0n) is 11.0. The number of nitrogens with two attached hydrogens (primary N) is 1. The molecule has 0 aromatic carbocycles. The molecule has 0 aromatic heterocycles. The fraction of sp³-hybridized carbons (Fsp3) is 0.917. The standard InChI is InChI=1S/C12H21F3N2O.ClH/c1-8(6-16)11(18)17-7-9-4-2-3-5-10(9)12(13,14)15;/h8-10H,2-7,16H2,1H3,(H,17,18);1H. The number of rotatable bonds is 4. The Morgan fingerprint density at radius 1 is 1.37 bits per heavy atom. The van der Waals surface area contributed by atoms with Crippen LogP contribution in [0.3, 0.4) is 0 Å². The number of amides is 1. The second-order valence-corrected chi connectivity index (χ2v) is 5.07. The Kier molecular flexibility index (Phi) is 7.74. The molecule has 3 nitrogen and oxygen atoms in total. The maximum atomic E-state index is 12.8. The lowest BCUT2D eigenvalue weighted by atomic mass is 9.78. The summed E-state index contributed by atoms with van der Waals surface area (Å²) in [6.45, 7) is 1.98. The Morgan fingerprint density at radius 2 is 1.95 bits per heavy atom. The number of hydrogen-bond donors (Lipinski definition) is 2. The van der Waals surface area contributed by atoms with Gasteiger partial charge in [0.2, 0.25) is 5.91 Å².